The van der Waals surface area contributed by atoms with Crippen LogP contribution >= 0.6 is 11.6 Å². The van der Waals surface area contributed by atoms with Crippen molar-refractivity contribution in [3.05, 3.63) is 28.8 Å². The smallest absolute Gasteiger partial charge is 0.335 e. The van der Waals surface area contributed by atoms with Gasteiger partial charge in [-0.05, 0) is 44.4 Å². The van der Waals surface area contributed by atoms with E-state index in [2.05, 4.69) is 17.6 Å². The van der Waals surface area contributed by atoms with Crippen molar-refractivity contribution in [1.29, 1.82) is 0 Å². The van der Waals surface area contributed by atoms with Crippen LogP contribution in [0.3, 0.4) is 0 Å². The molecule has 0 spiro atoms. The summed E-state index contributed by atoms with van der Waals surface area (Å²) >= 11 is 5.95. The highest BCUT2D eigenvalue weighted by Crippen LogP contribution is 2.30. The predicted molar refractivity (Wildman–Crippen MR) is 77.3 cm³/mol. The van der Waals surface area contributed by atoms with Gasteiger partial charge in [0, 0.05) is 5.54 Å². The average Bonchev–Trinajstić information content (AvgIpc) is 2.36. The van der Waals surface area contributed by atoms with E-state index in [4.69, 9.17) is 16.7 Å². The fourth-order valence-corrected chi connectivity index (χ4v) is 2.29. The predicted octanol–water partition coefficient (Wildman–Crippen LogP) is 2.51. The second kappa shape index (κ2) is 5.81. The first-order chi connectivity index (χ1) is 9.39. The Bertz CT molecular complexity index is 541. The Morgan fingerprint density at radius 1 is 1.40 bits per heavy atom. The second-order valence-electron chi connectivity index (χ2n) is 5.32. The fraction of sp³-hybridized carbons (Fsp3) is 0.429. The van der Waals surface area contributed by atoms with Gasteiger partial charge in [-0.1, -0.05) is 11.6 Å². The van der Waals surface area contributed by atoms with Gasteiger partial charge in [-0.15, -0.1) is 0 Å². The number of carboxylic acid groups (broad SMARTS) is 1. The lowest BCUT2D eigenvalue weighted by molar-refractivity contribution is -0.115. The summed E-state index contributed by atoms with van der Waals surface area (Å²) in [5.41, 5.74) is 0.449. The van der Waals surface area contributed by atoms with E-state index in [-0.39, 0.29) is 23.6 Å². The summed E-state index contributed by atoms with van der Waals surface area (Å²) in [6.07, 6.45) is 3.31. The van der Waals surface area contributed by atoms with Crippen molar-refractivity contribution in [2.45, 2.75) is 31.7 Å². The number of hydrogen-bond acceptors (Lipinski definition) is 3. The molecule has 6 heteroatoms. The number of aromatic carboxylic acids is 1. The molecule has 1 amide bonds. The van der Waals surface area contributed by atoms with E-state index in [1.165, 1.54) is 24.6 Å². The number of carbonyl (C=O) groups is 2. The molecule has 0 bridgehead atoms. The molecule has 1 aliphatic carbocycles. The van der Waals surface area contributed by atoms with Gasteiger partial charge in [0.05, 0.1) is 22.8 Å². The third kappa shape index (κ3) is 3.49. The number of rotatable bonds is 5. The SMILES string of the molecule is CC1(NCC(=O)Nc2cc(C(=O)O)ccc2Cl)CCC1. The maximum absolute atomic E-state index is 11.9. The van der Waals surface area contributed by atoms with Crippen molar-refractivity contribution in [2.75, 3.05) is 11.9 Å². The molecule has 0 aromatic heterocycles. The summed E-state index contributed by atoms with van der Waals surface area (Å²) in [6.45, 7) is 2.27. The third-order valence-corrected chi connectivity index (χ3v) is 3.95. The monoisotopic (exact) mass is 296 g/mol. The van der Waals surface area contributed by atoms with Crippen molar-refractivity contribution in [3.63, 3.8) is 0 Å². The highest BCUT2D eigenvalue weighted by Gasteiger charge is 2.31. The van der Waals surface area contributed by atoms with Crippen LogP contribution in [0.2, 0.25) is 5.02 Å². The number of halogens is 1. The molecule has 20 heavy (non-hydrogen) atoms. The molecular formula is C14H17ClN2O3. The highest BCUT2D eigenvalue weighted by molar-refractivity contribution is 6.33. The maximum atomic E-state index is 11.9. The van der Waals surface area contributed by atoms with Gasteiger partial charge in [-0.3, -0.25) is 4.79 Å². The Balaban J connectivity index is 1.96. The summed E-state index contributed by atoms with van der Waals surface area (Å²) in [5.74, 6) is -1.29. The molecule has 108 valence electrons. The number of carboxylic acids is 1. The normalized spacial score (nSPS) is 16.3. The first-order valence-electron chi connectivity index (χ1n) is 6.47. The van der Waals surface area contributed by atoms with Crippen LogP contribution in [0.1, 0.15) is 36.5 Å². The first-order valence-corrected chi connectivity index (χ1v) is 6.85. The van der Waals surface area contributed by atoms with E-state index in [0.717, 1.165) is 12.8 Å². The van der Waals surface area contributed by atoms with E-state index in [9.17, 15) is 9.59 Å². The maximum Gasteiger partial charge on any atom is 0.335 e. The van der Waals surface area contributed by atoms with Crippen LogP contribution in [0.5, 0.6) is 0 Å². The molecule has 1 fully saturated rings. The lowest BCUT2D eigenvalue weighted by Crippen LogP contribution is -2.50. The Hall–Kier alpha value is -1.59. The molecule has 0 radical (unpaired) electrons. The lowest BCUT2D eigenvalue weighted by atomic mass is 9.78. The van der Waals surface area contributed by atoms with Crippen molar-refractivity contribution >= 4 is 29.2 Å². The molecule has 1 aliphatic rings. The molecule has 2 rings (SSSR count). The van der Waals surface area contributed by atoms with Gasteiger partial charge in [-0.25, -0.2) is 4.79 Å². The summed E-state index contributed by atoms with van der Waals surface area (Å²) in [6, 6.07) is 4.21. The molecule has 3 N–H and O–H groups in total. The Morgan fingerprint density at radius 3 is 2.65 bits per heavy atom. The summed E-state index contributed by atoms with van der Waals surface area (Å²) in [4.78, 5) is 22.7. The standard InChI is InChI=1S/C14H17ClN2O3/c1-14(5-2-6-14)16-8-12(18)17-11-7-9(13(19)20)3-4-10(11)15/h3-4,7,16H,2,5-6,8H2,1H3,(H,17,18)(H,19,20). The molecule has 0 atom stereocenters. The number of anilines is 1. The van der Waals surface area contributed by atoms with Gasteiger partial charge in [0.1, 0.15) is 0 Å². The summed E-state index contributed by atoms with van der Waals surface area (Å²) in [7, 11) is 0. The number of carbonyl (C=O) groups excluding carboxylic acids is 1. The minimum atomic E-state index is -1.06. The minimum absolute atomic E-state index is 0.0457. The van der Waals surface area contributed by atoms with E-state index < -0.39 is 5.97 Å². The van der Waals surface area contributed by atoms with Crippen LogP contribution in [-0.2, 0) is 4.79 Å². The van der Waals surface area contributed by atoms with Crippen molar-refractivity contribution in [2.24, 2.45) is 0 Å². The van der Waals surface area contributed by atoms with Crippen LogP contribution in [0.25, 0.3) is 0 Å². The first kappa shape index (κ1) is 14.8. The van der Waals surface area contributed by atoms with Crippen LogP contribution in [-0.4, -0.2) is 29.1 Å². The minimum Gasteiger partial charge on any atom is -0.478 e. The molecule has 0 aliphatic heterocycles. The quantitative estimate of drug-likeness (QED) is 0.780. The third-order valence-electron chi connectivity index (χ3n) is 3.62. The van der Waals surface area contributed by atoms with E-state index in [1.807, 2.05) is 0 Å². The Labute approximate surface area is 122 Å². The van der Waals surface area contributed by atoms with E-state index in [1.54, 1.807) is 0 Å². The van der Waals surface area contributed by atoms with Crippen LogP contribution < -0.4 is 10.6 Å². The van der Waals surface area contributed by atoms with Crippen LogP contribution in [0.4, 0.5) is 5.69 Å². The fourth-order valence-electron chi connectivity index (χ4n) is 2.13. The number of benzene rings is 1. The van der Waals surface area contributed by atoms with Gasteiger partial charge >= 0.3 is 5.97 Å². The molecule has 0 heterocycles. The van der Waals surface area contributed by atoms with Gasteiger partial charge < -0.3 is 15.7 Å². The number of hydrogen-bond donors (Lipinski definition) is 3. The van der Waals surface area contributed by atoms with Crippen molar-refractivity contribution in [1.82, 2.24) is 5.32 Å². The van der Waals surface area contributed by atoms with Gasteiger partial charge in [0.15, 0.2) is 0 Å². The van der Waals surface area contributed by atoms with Gasteiger partial charge in [0.25, 0.3) is 0 Å². The molecule has 1 aromatic rings. The van der Waals surface area contributed by atoms with Crippen LogP contribution in [0.15, 0.2) is 18.2 Å². The average molecular weight is 297 g/mol. The Kier molecular flexibility index (Phi) is 4.30. The lowest BCUT2D eigenvalue weighted by Gasteiger charge is -2.39. The second-order valence-corrected chi connectivity index (χ2v) is 5.72. The number of nitrogens with one attached hydrogen (secondary N) is 2. The molecule has 1 saturated carbocycles. The zero-order chi connectivity index (χ0) is 14.8. The van der Waals surface area contributed by atoms with Crippen molar-refractivity contribution < 1.29 is 14.7 Å². The van der Waals surface area contributed by atoms with E-state index >= 15 is 0 Å². The van der Waals surface area contributed by atoms with Gasteiger partial charge in [-0.2, -0.15) is 0 Å². The summed E-state index contributed by atoms with van der Waals surface area (Å²) < 4.78 is 0. The summed E-state index contributed by atoms with van der Waals surface area (Å²) in [5, 5.41) is 15.1. The molecule has 1 aromatic carbocycles. The number of amides is 1. The highest BCUT2D eigenvalue weighted by atomic mass is 35.5. The topological polar surface area (TPSA) is 78.4 Å². The Morgan fingerprint density at radius 2 is 2.10 bits per heavy atom. The molecule has 0 unspecified atom stereocenters. The molecule has 5 nitrogen and oxygen atoms in total. The zero-order valence-electron chi connectivity index (χ0n) is 11.2. The van der Waals surface area contributed by atoms with Crippen LogP contribution in [0, 0.1) is 0 Å². The molecule has 0 saturated heterocycles. The molecular weight excluding hydrogens is 280 g/mol. The van der Waals surface area contributed by atoms with E-state index in [0.29, 0.717) is 10.7 Å². The van der Waals surface area contributed by atoms with Gasteiger partial charge in [0.2, 0.25) is 5.91 Å². The zero-order valence-corrected chi connectivity index (χ0v) is 12.0. The largest absolute Gasteiger partial charge is 0.478 e. The van der Waals surface area contributed by atoms with Crippen molar-refractivity contribution in [3.8, 4) is 0 Å².